The van der Waals surface area contributed by atoms with Gasteiger partial charge in [-0.3, -0.25) is 4.79 Å². The van der Waals surface area contributed by atoms with E-state index in [1.807, 2.05) is 97.2 Å². The first-order valence-corrected chi connectivity index (χ1v) is 12.1. The number of hydrazone groups is 1. The largest absolute Gasteiger partial charge is 0.550 e. The normalized spacial score (nSPS) is 14.4. The van der Waals surface area contributed by atoms with E-state index < -0.39 is 11.9 Å². The van der Waals surface area contributed by atoms with Crippen molar-refractivity contribution in [1.82, 2.24) is 14.8 Å². The van der Waals surface area contributed by atoms with Crippen LogP contribution in [0.1, 0.15) is 17.5 Å². The summed E-state index contributed by atoms with van der Waals surface area (Å²) in [5, 5.41) is 22.5. The molecule has 186 valence electrons. The van der Waals surface area contributed by atoms with Crippen LogP contribution in [0.2, 0.25) is 0 Å². The summed E-state index contributed by atoms with van der Waals surface area (Å²) in [6.45, 7) is -0.0887. The molecule has 8 nitrogen and oxygen atoms in total. The van der Waals surface area contributed by atoms with Crippen molar-refractivity contribution >= 4 is 34.6 Å². The van der Waals surface area contributed by atoms with Crippen LogP contribution < -0.4 is 5.11 Å². The molecular weight excluding hydrogens is 480 g/mol. The third-order valence-electron chi connectivity index (χ3n) is 6.24. The second-order valence-electron chi connectivity index (χ2n) is 8.78. The van der Waals surface area contributed by atoms with E-state index in [0.29, 0.717) is 28.3 Å². The summed E-state index contributed by atoms with van der Waals surface area (Å²) in [4.78, 5) is 24.5. The number of aromatic nitrogens is 2. The molecule has 1 amide bonds. The minimum absolute atomic E-state index is 0.0887. The second-order valence-corrected chi connectivity index (χ2v) is 8.78. The van der Waals surface area contributed by atoms with Crippen LogP contribution in [0.15, 0.2) is 112 Å². The topological polar surface area (TPSA) is 104 Å². The van der Waals surface area contributed by atoms with Crippen LogP contribution >= 0.6 is 0 Å². The molecule has 0 spiro atoms. The lowest BCUT2D eigenvalue weighted by Gasteiger charge is -2.11. The summed E-state index contributed by atoms with van der Waals surface area (Å²) < 4.78 is 7.87. The van der Waals surface area contributed by atoms with Gasteiger partial charge in [0.05, 0.1) is 17.8 Å². The van der Waals surface area contributed by atoms with Crippen molar-refractivity contribution in [3.63, 3.8) is 0 Å². The lowest BCUT2D eigenvalue weighted by molar-refractivity contribution is -0.305. The third-order valence-corrected chi connectivity index (χ3v) is 6.24. The van der Waals surface area contributed by atoms with Crippen LogP contribution in [-0.4, -0.2) is 38.9 Å². The number of rotatable bonds is 7. The summed E-state index contributed by atoms with van der Waals surface area (Å²) in [7, 11) is 0. The molecule has 0 unspecified atom stereocenters. The van der Waals surface area contributed by atoms with Crippen LogP contribution in [0.3, 0.4) is 0 Å². The van der Waals surface area contributed by atoms with Crippen LogP contribution in [-0.2, 0) is 9.59 Å². The number of para-hydroxylation sites is 2. The van der Waals surface area contributed by atoms with Gasteiger partial charge >= 0.3 is 0 Å². The number of hydrogen-bond donors (Lipinski definition) is 0. The Morgan fingerprint density at radius 2 is 1.66 bits per heavy atom. The molecule has 5 aromatic rings. The quantitative estimate of drug-likeness (QED) is 0.313. The number of fused-ring (bicyclic) bond motifs is 1. The number of carbonyl (C=O) groups is 2. The molecule has 3 heterocycles. The minimum Gasteiger partial charge on any atom is -0.550 e. The van der Waals surface area contributed by atoms with E-state index in [9.17, 15) is 14.7 Å². The van der Waals surface area contributed by atoms with Gasteiger partial charge in [0.25, 0.3) is 5.91 Å². The maximum absolute atomic E-state index is 13.5. The van der Waals surface area contributed by atoms with E-state index in [2.05, 4.69) is 5.10 Å². The molecule has 0 saturated heterocycles. The van der Waals surface area contributed by atoms with Gasteiger partial charge in [-0.1, -0.05) is 66.7 Å². The Bertz CT molecular complexity index is 1680. The highest BCUT2D eigenvalue weighted by Crippen LogP contribution is 2.32. The standard InChI is InChI=1S/C30H22N4O4/c35-27(36)15-16-33-30(37)24(28(31-33)20-9-3-1-4-10-20)17-22-19-34(23-12-5-2-6-13-23)32-29(22)26-18-21-11-7-8-14-25(21)38-26/h1-14,17-19H,15-16H2,(H,35,36)/p-1/b24-17-. The summed E-state index contributed by atoms with van der Waals surface area (Å²) in [5.41, 5.74) is 4.32. The predicted octanol–water partition coefficient (Wildman–Crippen LogP) is 4.06. The van der Waals surface area contributed by atoms with Gasteiger partial charge < -0.3 is 14.3 Å². The number of carboxylic acid groups (broad SMARTS) is 1. The van der Waals surface area contributed by atoms with E-state index in [4.69, 9.17) is 9.52 Å². The Morgan fingerprint density at radius 3 is 2.39 bits per heavy atom. The van der Waals surface area contributed by atoms with Gasteiger partial charge in [0.15, 0.2) is 5.76 Å². The number of amides is 1. The highest BCUT2D eigenvalue weighted by Gasteiger charge is 2.31. The zero-order valence-corrected chi connectivity index (χ0v) is 20.2. The Hall–Kier alpha value is -5.24. The second kappa shape index (κ2) is 9.67. The van der Waals surface area contributed by atoms with Gasteiger partial charge in [-0.25, -0.2) is 9.69 Å². The van der Waals surface area contributed by atoms with E-state index in [1.165, 1.54) is 5.01 Å². The Morgan fingerprint density at radius 1 is 0.947 bits per heavy atom. The fraction of sp³-hybridized carbons (Fsp3) is 0.0667. The Balaban J connectivity index is 1.50. The molecule has 38 heavy (non-hydrogen) atoms. The van der Waals surface area contributed by atoms with Crippen molar-refractivity contribution in [3.8, 4) is 17.1 Å². The summed E-state index contributed by atoms with van der Waals surface area (Å²) in [6.07, 6.45) is 3.26. The first kappa shape index (κ1) is 23.2. The monoisotopic (exact) mass is 501 g/mol. The lowest BCUT2D eigenvalue weighted by atomic mass is 10.00. The van der Waals surface area contributed by atoms with Gasteiger partial charge in [-0.05, 0) is 30.3 Å². The molecule has 0 radical (unpaired) electrons. The Kier molecular flexibility index (Phi) is 5.89. The van der Waals surface area contributed by atoms with E-state index in [-0.39, 0.29) is 13.0 Å². The van der Waals surface area contributed by atoms with Crippen LogP contribution in [0, 0.1) is 0 Å². The van der Waals surface area contributed by atoms with Crippen molar-refractivity contribution in [2.75, 3.05) is 6.54 Å². The molecule has 0 saturated carbocycles. The van der Waals surface area contributed by atoms with Gasteiger partial charge in [-0.2, -0.15) is 10.2 Å². The molecular formula is C30H21N4O4-. The number of carbonyl (C=O) groups excluding carboxylic acids is 2. The summed E-state index contributed by atoms with van der Waals surface area (Å²) >= 11 is 0. The molecule has 1 aliphatic heterocycles. The van der Waals surface area contributed by atoms with E-state index in [0.717, 1.165) is 22.2 Å². The molecule has 2 aromatic heterocycles. The van der Waals surface area contributed by atoms with Crippen LogP contribution in [0.4, 0.5) is 0 Å². The lowest BCUT2D eigenvalue weighted by Crippen LogP contribution is -2.30. The van der Waals surface area contributed by atoms with Crippen LogP contribution in [0.5, 0.6) is 0 Å². The molecule has 0 atom stereocenters. The van der Waals surface area contributed by atoms with Gasteiger partial charge in [0, 0.05) is 35.1 Å². The number of carboxylic acids is 1. The summed E-state index contributed by atoms with van der Waals surface area (Å²) in [5.74, 6) is -1.08. The van der Waals surface area contributed by atoms with Crippen LogP contribution in [0.25, 0.3) is 34.2 Å². The summed E-state index contributed by atoms with van der Waals surface area (Å²) in [6, 6.07) is 28.6. The maximum Gasteiger partial charge on any atom is 0.276 e. The smallest absolute Gasteiger partial charge is 0.276 e. The molecule has 3 aromatic carbocycles. The maximum atomic E-state index is 13.5. The average molecular weight is 502 g/mol. The third kappa shape index (κ3) is 4.39. The Labute approximate surface area is 217 Å². The number of hydrogen-bond acceptors (Lipinski definition) is 6. The predicted molar refractivity (Wildman–Crippen MR) is 141 cm³/mol. The SMILES string of the molecule is O=C([O-])CCN1N=C(c2ccccc2)/C(=C/c2cn(-c3ccccc3)nc2-c2cc3ccccc3o2)C1=O. The zero-order valence-electron chi connectivity index (χ0n) is 20.2. The molecule has 0 N–H and O–H groups in total. The van der Waals surface area contributed by atoms with Gasteiger partial charge in [-0.15, -0.1) is 0 Å². The number of furan rings is 1. The number of benzene rings is 3. The highest BCUT2D eigenvalue weighted by atomic mass is 16.4. The van der Waals surface area contributed by atoms with Crippen molar-refractivity contribution in [1.29, 1.82) is 0 Å². The zero-order chi connectivity index (χ0) is 26.1. The fourth-order valence-electron chi connectivity index (χ4n) is 4.40. The number of nitrogens with zero attached hydrogens (tertiary/aromatic N) is 4. The number of aliphatic carboxylic acids is 1. The van der Waals surface area contributed by atoms with Crippen molar-refractivity contribution in [3.05, 3.63) is 114 Å². The molecule has 0 bridgehead atoms. The van der Waals surface area contributed by atoms with Crippen molar-refractivity contribution < 1.29 is 19.1 Å². The molecule has 1 aliphatic rings. The molecule has 0 fully saturated rings. The average Bonchev–Trinajstić information content (AvgIpc) is 3.64. The highest BCUT2D eigenvalue weighted by molar-refractivity contribution is 6.33. The van der Waals surface area contributed by atoms with Gasteiger partial charge in [0.1, 0.15) is 17.0 Å². The minimum atomic E-state index is -1.25. The first-order valence-electron chi connectivity index (χ1n) is 12.1. The molecule has 6 rings (SSSR count). The first-order chi connectivity index (χ1) is 18.6. The van der Waals surface area contributed by atoms with E-state index in [1.54, 1.807) is 10.8 Å². The van der Waals surface area contributed by atoms with Gasteiger partial charge in [0.2, 0.25) is 0 Å². The van der Waals surface area contributed by atoms with Crippen molar-refractivity contribution in [2.45, 2.75) is 6.42 Å². The molecule has 8 heteroatoms. The van der Waals surface area contributed by atoms with E-state index >= 15 is 0 Å². The molecule has 0 aliphatic carbocycles. The fourth-order valence-corrected chi connectivity index (χ4v) is 4.40. The van der Waals surface area contributed by atoms with Crippen molar-refractivity contribution in [2.24, 2.45) is 5.10 Å².